The zero-order valence-electron chi connectivity index (χ0n) is 10.9. The molecule has 20 heavy (non-hydrogen) atoms. The van der Waals surface area contributed by atoms with Gasteiger partial charge in [-0.05, 0) is 29.9 Å². The van der Waals surface area contributed by atoms with E-state index in [-0.39, 0.29) is 5.69 Å². The van der Waals surface area contributed by atoms with E-state index in [1.165, 1.54) is 12.2 Å². The number of nitrogens with zero attached hydrogens (tertiary/aromatic N) is 2. The van der Waals surface area contributed by atoms with E-state index >= 15 is 0 Å². The standard InChI is InChI=1S/C14H15N3O2S/c18-14(19)13-12(15-7-9-5-6-20-8-9)10-3-1-2-4-11(10)16-17-13/h1-4,9H,5-8H2,(H,15,16)(H,18,19). The van der Waals surface area contributed by atoms with Crippen molar-refractivity contribution in [3.63, 3.8) is 0 Å². The third-order valence-corrected chi connectivity index (χ3v) is 4.69. The number of aromatic nitrogens is 2. The fourth-order valence-corrected chi connectivity index (χ4v) is 3.66. The van der Waals surface area contributed by atoms with E-state index in [1.54, 1.807) is 0 Å². The minimum Gasteiger partial charge on any atom is -0.476 e. The number of carboxylic acid groups (broad SMARTS) is 1. The van der Waals surface area contributed by atoms with Crippen LogP contribution in [0.3, 0.4) is 0 Å². The number of fused-ring (bicyclic) bond motifs is 1. The van der Waals surface area contributed by atoms with Crippen LogP contribution in [0.2, 0.25) is 0 Å². The van der Waals surface area contributed by atoms with Crippen LogP contribution in [0.15, 0.2) is 24.3 Å². The number of nitrogens with one attached hydrogen (secondary N) is 1. The molecule has 1 fully saturated rings. The van der Waals surface area contributed by atoms with Gasteiger partial charge in [-0.15, -0.1) is 10.2 Å². The SMILES string of the molecule is O=C(O)c1nnc2ccccc2c1NCC1CCSC1. The topological polar surface area (TPSA) is 75.1 Å². The first-order valence-corrected chi connectivity index (χ1v) is 7.71. The van der Waals surface area contributed by atoms with Crippen LogP contribution in [0.4, 0.5) is 5.69 Å². The van der Waals surface area contributed by atoms with Gasteiger partial charge in [0.25, 0.3) is 0 Å². The van der Waals surface area contributed by atoms with E-state index in [1.807, 2.05) is 36.0 Å². The van der Waals surface area contributed by atoms with E-state index in [0.29, 0.717) is 17.1 Å². The summed E-state index contributed by atoms with van der Waals surface area (Å²) in [6.07, 6.45) is 1.18. The highest BCUT2D eigenvalue weighted by molar-refractivity contribution is 7.99. The van der Waals surface area contributed by atoms with Crippen molar-refractivity contribution in [3.05, 3.63) is 30.0 Å². The summed E-state index contributed by atoms with van der Waals surface area (Å²) in [7, 11) is 0. The second-order valence-electron chi connectivity index (χ2n) is 4.86. The van der Waals surface area contributed by atoms with Crippen LogP contribution in [-0.2, 0) is 0 Å². The average molecular weight is 289 g/mol. The van der Waals surface area contributed by atoms with Gasteiger partial charge in [0.2, 0.25) is 0 Å². The Kier molecular flexibility index (Phi) is 3.73. The van der Waals surface area contributed by atoms with Crippen LogP contribution < -0.4 is 5.32 Å². The summed E-state index contributed by atoms with van der Waals surface area (Å²) in [5.41, 5.74) is 1.29. The predicted octanol–water partition coefficient (Wildman–Crippen LogP) is 2.49. The van der Waals surface area contributed by atoms with E-state index in [4.69, 9.17) is 0 Å². The molecule has 0 bridgehead atoms. The number of carboxylic acids is 1. The summed E-state index contributed by atoms with van der Waals surface area (Å²) in [4.78, 5) is 11.3. The molecular formula is C14H15N3O2S. The van der Waals surface area contributed by atoms with E-state index in [2.05, 4.69) is 15.5 Å². The number of aromatic carboxylic acids is 1. The lowest BCUT2D eigenvalue weighted by atomic mass is 10.1. The molecule has 1 aromatic carbocycles. The smallest absolute Gasteiger partial charge is 0.358 e. The van der Waals surface area contributed by atoms with Crippen LogP contribution in [0.5, 0.6) is 0 Å². The molecule has 6 heteroatoms. The maximum Gasteiger partial charge on any atom is 0.358 e. The molecule has 0 saturated carbocycles. The Balaban J connectivity index is 1.96. The van der Waals surface area contributed by atoms with Gasteiger partial charge in [0, 0.05) is 11.9 Å². The molecule has 2 heterocycles. The molecule has 1 aliphatic heterocycles. The normalized spacial score (nSPS) is 18.3. The van der Waals surface area contributed by atoms with Gasteiger partial charge < -0.3 is 10.4 Å². The molecule has 2 aromatic rings. The second-order valence-corrected chi connectivity index (χ2v) is 6.01. The van der Waals surface area contributed by atoms with Gasteiger partial charge in [0.15, 0.2) is 5.69 Å². The highest BCUT2D eigenvalue weighted by Crippen LogP contribution is 2.27. The third-order valence-electron chi connectivity index (χ3n) is 3.46. The van der Waals surface area contributed by atoms with E-state index < -0.39 is 5.97 Å². The Morgan fingerprint density at radius 3 is 3.00 bits per heavy atom. The van der Waals surface area contributed by atoms with E-state index in [9.17, 15) is 9.90 Å². The van der Waals surface area contributed by atoms with Crippen molar-refractivity contribution in [2.24, 2.45) is 5.92 Å². The molecule has 3 rings (SSSR count). The maximum absolute atomic E-state index is 11.3. The third kappa shape index (κ3) is 2.56. The number of anilines is 1. The second kappa shape index (κ2) is 5.66. The van der Waals surface area contributed by atoms with Gasteiger partial charge in [0.05, 0.1) is 11.2 Å². The molecule has 1 atom stereocenters. The van der Waals surface area contributed by atoms with Gasteiger partial charge >= 0.3 is 5.97 Å². The summed E-state index contributed by atoms with van der Waals surface area (Å²) in [5.74, 6) is 1.86. The molecule has 0 spiro atoms. The number of thioether (sulfide) groups is 1. The molecule has 1 aliphatic rings. The Morgan fingerprint density at radius 1 is 1.40 bits per heavy atom. The molecule has 0 amide bonds. The lowest BCUT2D eigenvalue weighted by Gasteiger charge is -2.14. The van der Waals surface area contributed by atoms with Gasteiger partial charge in [-0.25, -0.2) is 4.79 Å². The highest BCUT2D eigenvalue weighted by Gasteiger charge is 2.19. The van der Waals surface area contributed by atoms with E-state index in [0.717, 1.165) is 17.7 Å². The largest absolute Gasteiger partial charge is 0.476 e. The maximum atomic E-state index is 11.3. The van der Waals surface area contributed by atoms with Crippen molar-refractivity contribution < 1.29 is 9.90 Å². The monoisotopic (exact) mass is 289 g/mol. The molecule has 1 aromatic heterocycles. The van der Waals surface area contributed by atoms with Gasteiger partial charge in [-0.1, -0.05) is 18.2 Å². The lowest BCUT2D eigenvalue weighted by molar-refractivity contribution is 0.0690. The fourth-order valence-electron chi connectivity index (χ4n) is 2.37. The Bertz CT molecular complexity index is 641. The van der Waals surface area contributed by atoms with Crippen molar-refractivity contribution >= 4 is 34.3 Å². The minimum atomic E-state index is -1.05. The first-order valence-electron chi connectivity index (χ1n) is 6.56. The first kappa shape index (κ1) is 13.2. The van der Waals surface area contributed by atoms with Crippen molar-refractivity contribution in [1.29, 1.82) is 0 Å². The van der Waals surface area contributed by atoms with Crippen molar-refractivity contribution in [2.45, 2.75) is 6.42 Å². The number of hydrogen-bond acceptors (Lipinski definition) is 5. The number of hydrogen-bond donors (Lipinski definition) is 2. The molecule has 0 radical (unpaired) electrons. The molecular weight excluding hydrogens is 274 g/mol. The summed E-state index contributed by atoms with van der Waals surface area (Å²) >= 11 is 1.95. The highest BCUT2D eigenvalue weighted by atomic mass is 32.2. The molecule has 104 valence electrons. The van der Waals surface area contributed by atoms with Crippen LogP contribution in [-0.4, -0.2) is 39.3 Å². The lowest BCUT2D eigenvalue weighted by Crippen LogP contribution is -2.17. The number of rotatable bonds is 4. The number of benzene rings is 1. The van der Waals surface area contributed by atoms with Crippen molar-refractivity contribution in [2.75, 3.05) is 23.4 Å². The van der Waals surface area contributed by atoms with Gasteiger partial charge in [-0.2, -0.15) is 11.8 Å². The van der Waals surface area contributed by atoms with Crippen molar-refractivity contribution in [3.8, 4) is 0 Å². The minimum absolute atomic E-state index is 0.00523. The Hall–Kier alpha value is -1.82. The van der Waals surface area contributed by atoms with Crippen LogP contribution in [0.25, 0.3) is 10.9 Å². The summed E-state index contributed by atoms with van der Waals surface area (Å²) < 4.78 is 0. The molecule has 1 saturated heterocycles. The van der Waals surface area contributed by atoms with Crippen LogP contribution in [0.1, 0.15) is 16.9 Å². The molecule has 2 N–H and O–H groups in total. The van der Waals surface area contributed by atoms with Gasteiger partial charge in [0.1, 0.15) is 0 Å². The molecule has 5 nitrogen and oxygen atoms in total. The fraction of sp³-hybridized carbons (Fsp3) is 0.357. The average Bonchev–Trinajstić information content (AvgIpc) is 2.97. The summed E-state index contributed by atoms with van der Waals surface area (Å²) in [6.45, 7) is 0.781. The first-order chi connectivity index (χ1) is 9.75. The zero-order chi connectivity index (χ0) is 13.9. The van der Waals surface area contributed by atoms with Gasteiger partial charge in [-0.3, -0.25) is 0 Å². The van der Waals surface area contributed by atoms with Crippen LogP contribution >= 0.6 is 11.8 Å². The van der Waals surface area contributed by atoms with Crippen LogP contribution in [0, 0.1) is 5.92 Å². The Morgan fingerprint density at radius 2 is 2.25 bits per heavy atom. The number of carbonyl (C=O) groups is 1. The summed E-state index contributed by atoms with van der Waals surface area (Å²) in [6, 6.07) is 7.47. The molecule has 0 aliphatic carbocycles. The Labute approximate surface area is 120 Å². The predicted molar refractivity (Wildman–Crippen MR) is 80.4 cm³/mol. The quantitative estimate of drug-likeness (QED) is 0.900. The zero-order valence-corrected chi connectivity index (χ0v) is 11.7. The summed E-state index contributed by atoms with van der Waals surface area (Å²) in [5, 5.41) is 21.2. The van der Waals surface area contributed by atoms with Crippen molar-refractivity contribution in [1.82, 2.24) is 10.2 Å². The molecule has 1 unspecified atom stereocenters.